The smallest absolute Gasteiger partial charge is 0.227 e. The molecule has 0 saturated heterocycles. The Hall–Kier alpha value is -2.22. The summed E-state index contributed by atoms with van der Waals surface area (Å²) in [5, 5.41) is 8.86. The van der Waals surface area contributed by atoms with Gasteiger partial charge in [0, 0.05) is 13.1 Å². The molecule has 0 fully saturated rings. The maximum Gasteiger partial charge on any atom is 0.227 e. The summed E-state index contributed by atoms with van der Waals surface area (Å²) in [7, 11) is 3.14. The van der Waals surface area contributed by atoms with E-state index < -0.39 is 0 Å². The van der Waals surface area contributed by atoms with Gasteiger partial charge in [-0.3, -0.25) is 4.79 Å². The molecule has 0 aromatic heterocycles. The Morgan fingerprint density at radius 3 is 2.52 bits per heavy atom. The van der Waals surface area contributed by atoms with Gasteiger partial charge in [-0.2, -0.15) is 5.26 Å². The molecule has 21 heavy (non-hydrogen) atoms. The number of rotatable bonds is 7. The van der Waals surface area contributed by atoms with Crippen molar-refractivity contribution in [1.29, 1.82) is 5.26 Å². The molecule has 5 heteroatoms. The van der Waals surface area contributed by atoms with Gasteiger partial charge in [-0.15, -0.1) is 0 Å². The summed E-state index contributed by atoms with van der Waals surface area (Å²) in [5.74, 6) is 1.08. The molecule has 1 aromatic rings. The quantitative estimate of drug-likeness (QED) is 0.772. The van der Waals surface area contributed by atoms with Crippen LogP contribution in [0.3, 0.4) is 0 Å². The van der Waals surface area contributed by atoms with E-state index in [4.69, 9.17) is 14.7 Å². The standard InChI is InChI=1S/C16H22N2O3/c1-5-18(11-12(2)10-17)16(19)9-13-6-7-14(20-3)15(8-13)21-4/h6-8,12H,5,9,11H2,1-4H3. The van der Waals surface area contributed by atoms with E-state index in [1.807, 2.05) is 19.9 Å². The monoisotopic (exact) mass is 290 g/mol. The van der Waals surface area contributed by atoms with Crippen LogP contribution >= 0.6 is 0 Å². The van der Waals surface area contributed by atoms with Gasteiger partial charge in [0.05, 0.1) is 32.6 Å². The zero-order valence-electron chi connectivity index (χ0n) is 13.0. The lowest BCUT2D eigenvalue weighted by Crippen LogP contribution is -2.35. The van der Waals surface area contributed by atoms with E-state index in [0.717, 1.165) is 5.56 Å². The van der Waals surface area contributed by atoms with Gasteiger partial charge >= 0.3 is 0 Å². The number of ether oxygens (including phenoxy) is 2. The third-order valence-corrected chi connectivity index (χ3v) is 3.25. The lowest BCUT2D eigenvalue weighted by molar-refractivity contribution is -0.130. The number of carbonyl (C=O) groups excluding carboxylic acids is 1. The average molecular weight is 290 g/mol. The number of likely N-dealkylation sites (N-methyl/N-ethyl adjacent to an activating group) is 1. The fourth-order valence-corrected chi connectivity index (χ4v) is 2.06. The molecule has 0 aliphatic heterocycles. The molecule has 1 rings (SSSR count). The van der Waals surface area contributed by atoms with Gasteiger partial charge < -0.3 is 14.4 Å². The fourth-order valence-electron chi connectivity index (χ4n) is 2.06. The van der Waals surface area contributed by atoms with Crippen LogP contribution in [-0.2, 0) is 11.2 Å². The van der Waals surface area contributed by atoms with E-state index in [9.17, 15) is 4.79 Å². The van der Waals surface area contributed by atoms with E-state index in [1.165, 1.54) is 0 Å². The van der Waals surface area contributed by atoms with Crippen molar-refractivity contribution in [1.82, 2.24) is 4.90 Å². The highest BCUT2D eigenvalue weighted by Crippen LogP contribution is 2.27. The van der Waals surface area contributed by atoms with Crippen molar-refractivity contribution in [3.05, 3.63) is 23.8 Å². The molecule has 5 nitrogen and oxygen atoms in total. The summed E-state index contributed by atoms with van der Waals surface area (Å²) in [4.78, 5) is 14.0. The Balaban J connectivity index is 2.80. The van der Waals surface area contributed by atoms with Gasteiger partial charge in [0.25, 0.3) is 0 Å². The van der Waals surface area contributed by atoms with Gasteiger partial charge in [-0.1, -0.05) is 6.07 Å². The molecule has 0 bridgehead atoms. The van der Waals surface area contributed by atoms with Gasteiger partial charge in [0.15, 0.2) is 11.5 Å². The van der Waals surface area contributed by atoms with Gasteiger partial charge in [-0.05, 0) is 31.5 Å². The molecule has 0 saturated carbocycles. The zero-order valence-corrected chi connectivity index (χ0v) is 13.0. The molecule has 0 aliphatic carbocycles. The third kappa shape index (κ3) is 4.67. The Morgan fingerprint density at radius 1 is 1.33 bits per heavy atom. The summed E-state index contributed by atoms with van der Waals surface area (Å²) in [6.45, 7) is 4.78. The number of hydrogen-bond donors (Lipinski definition) is 0. The Labute approximate surface area is 126 Å². The average Bonchev–Trinajstić information content (AvgIpc) is 2.51. The highest BCUT2D eigenvalue weighted by molar-refractivity contribution is 5.79. The van der Waals surface area contributed by atoms with E-state index in [0.29, 0.717) is 24.6 Å². The maximum atomic E-state index is 12.3. The highest BCUT2D eigenvalue weighted by Gasteiger charge is 2.16. The highest BCUT2D eigenvalue weighted by atomic mass is 16.5. The van der Waals surface area contributed by atoms with Crippen LogP contribution in [-0.4, -0.2) is 38.1 Å². The van der Waals surface area contributed by atoms with E-state index in [-0.39, 0.29) is 18.2 Å². The number of methoxy groups -OCH3 is 2. The summed E-state index contributed by atoms with van der Waals surface area (Å²) in [6, 6.07) is 7.59. The minimum Gasteiger partial charge on any atom is -0.493 e. The normalized spacial score (nSPS) is 11.4. The van der Waals surface area contributed by atoms with Crippen LogP contribution in [0.1, 0.15) is 19.4 Å². The van der Waals surface area contributed by atoms with Crippen molar-refractivity contribution in [3.8, 4) is 17.6 Å². The second-order valence-electron chi connectivity index (χ2n) is 4.83. The number of carbonyl (C=O) groups is 1. The van der Waals surface area contributed by atoms with Crippen LogP contribution in [0.4, 0.5) is 0 Å². The maximum absolute atomic E-state index is 12.3. The predicted molar refractivity (Wildman–Crippen MR) is 80.3 cm³/mol. The fraction of sp³-hybridized carbons (Fsp3) is 0.500. The van der Waals surface area contributed by atoms with Crippen molar-refractivity contribution < 1.29 is 14.3 Å². The molecule has 0 spiro atoms. The minimum atomic E-state index is -0.167. The van der Waals surface area contributed by atoms with E-state index >= 15 is 0 Å². The molecule has 1 aromatic carbocycles. The van der Waals surface area contributed by atoms with Crippen LogP contribution in [0.15, 0.2) is 18.2 Å². The van der Waals surface area contributed by atoms with Crippen LogP contribution in [0.2, 0.25) is 0 Å². The number of amides is 1. The largest absolute Gasteiger partial charge is 0.493 e. The van der Waals surface area contributed by atoms with Crippen molar-refractivity contribution in [2.24, 2.45) is 5.92 Å². The first-order valence-corrected chi connectivity index (χ1v) is 6.94. The number of benzene rings is 1. The minimum absolute atomic E-state index is 0.00631. The molecule has 0 radical (unpaired) electrons. The number of nitriles is 1. The zero-order chi connectivity index (χ0) is 15.8. The molecule has 1 atom stereocenters. The molecule has 0 aliphatic rings. The van der Waals surface area contributed by atoms with E-state index in [2.05, 4.69) is 6.07 Å². The number of hydrogen-bond acceptors (Lipinski definition) is 4. The summed E-state index contributed by atoms with van der Waals surface area (Å²) >= 11 is 0. The van der Waals surface area contributed by atoms with Crippen molar-refractivity contribution >= 4 is 5.91 Å². The molecular formula is C16H22N2O3. The topological polar surface area (TPSA) is 62.6 Å². The molecule has 0 heterocycles. The van der Waals surface area contributed by atoms with Gasteiger partial charge in [0.2, 0.25) is 5.91 Å². The molecule has 1 unspecified atom stereocenters. The SMILES string of the molecule is CCN(CC(C)C#N)C(=O)Cc1ccc(OC)c(OC)c1. The first-order valence-electron chi connectivity index (χ1n) is 6.94. The van der Waals surface area contributed by atoms with Gasteiger partial charge in [-0.25, -0.2) is 0 Å². The Morgan fingerprint density at radius 2 is 2.00 bits per heavy atom. The first kappa shape index (κ1) is 16.8. The summed E-state index contributed by atoms with van der Waals surface area (Å²) in [5.41, 5.74) is 0.862. The summed E-state index contributed by atoms with van der Waals surface area (Å²) in [6.07, 6.45) is 0.284. The summed E-state index contributed by atoms with van der Waals surface area (Å²) < 4.78 is 10.4. The Kier molecular flexibility index (Phi) is 6.54. The second kappa shape index (κ2) is 8.15. The van der Waals surface area contributed by atoms with Crippen LogP contribution in [0, 0.1) is 17.2 Å². The molecular weight excluding hydrogens is 268 g/mol. The lowest BCUT2D eigenvalue weighted by Gasteiger charge is -2.22. The van der Waals surface area contributed by atoms with Crippen LogP contribution in [0.25, 0.3) is 0 Å². The molecule has 0 N–H and O–H groups in total. The number of nitrogens with zero attached hydrogens (tertiary/aromatic N) is 2. The predicted octanol–water partition coefficient (Wildman–Crippen LogP) is 2.25. The first-order chi connectivity index (χ1) is 10.0. The molecule has 1 amide bonds. The Bertz CT molecular complexity index is 523. The van der Waals surface area contributed by atoms with Crippen molar-refractivity contribution in [2.75, 3.05) is 27.3 Å². The van der Waals surface area contributed by atoms with Crippen molar-refractivity contribution in [2.45, 2.75) is 20.3 Å². The molecule has 114 valence electrons. The van der Waals surface area contributed by atoms with Crippen LogP contribution in [0.5, 0.6) is 11.5 Å². The van der Waals surface area contributed by atoms with E-state index in [1.54, 1.807) is 31.3 Å². The second-order valence-corrected chi connectivity index (χ2v) is 4.83. The van der Waals surface area contributed by atoms with Crippen molar-refractivity contribution in [3.63, 3.8) is 0 Å². The third-order valence-electron chi connectivity index (χ3n) is 3.25. The van der Waals surface area contributed by atoms with Gasteiger partial charge in [0.1, 0.15) is 0 Å². The lowest BCUT2D eigenvalue weighted by atomic mass is 10.1. The van der Waals surface area contributed by atoms with Crippen LogP contribution < -0.4 is 9.47 Å².